The minimum Gasteiger partial charge on any atom is -0.465 e. The van der Waals surface area contributed by atoms with Crippen molar-refractivity contribution in [3.8, 4) is 0 Å². The van der Waals surface area contributed by atoms with Gasteiger partial charge in [0.2, 0.25) is 11.8 Å². The molecule has 4 rings (SSSR count). The normalized spacial score (nSPS) is 21.3. The summed E-state index contributed by atoms with van der Waals surface area (Å²) in [5.41, 5.74) is 1.29. The number of hydrogen-bond acceptors (Lipinski definition) is 3. The van der Waals surface area contributed by atoms with Crippen LogP contribution in [-0.2, 0) is 16.0 Å². The summed E-state index contributed by atoms with van der Waals surface area (Å²) in [6.07, 6.45) is -1.47. The Morgan fingerprint density at radius 1 is 1.16 bits per heavy atom. The molecule has 2 aliphatic rings. The average molecular weight is 446 g/mol. The van der Waals surface area contributed by atoms with E-state index >= 15 is 0 Å². The number of nitrogens with zero attached hydrogens (tertiary/aromatic N) is 3. The topological polar surface area (TPSA) is 81.2 Å². The van der Waals surface area contributed by atoms with Gasteiger partial charge < -0.3 is 14.9 Å². The highest BCUT2D eigenvalue weighted by atomic mass is 35.5. The summed E-state index contributed by atoms with van der Waals surface area (Å²) in [5, 5.41) is 9.57. The number of fused-ring (bicyclic) bond motifs is 1. The minimum absolute atomic E-state index is 0.0351. The molecule has 2 fully saturated rings. The summed E-state index contributed by atoms with van der Waals surface area (Å²) in [7, 11) is 0. The van der Waals surface area contributed by atoms with Gasteiger partial charge in [-0.05, 0) is 29.7 Å². The van der Waals surface area contributed by atoms with Gasteiger partial charge in [0, 0.05) is 19.5 Å². The summed E-state index contributed by atoms with van der Waals surface area (Å²) < 4.78 is 14.2. The Morgan fingerprint density at radius 3 is 2.58 bits per heavy atom. The lowest BCUT2D eigenvalue weighted by Gasteiger charge is -2.51. The van der Waals surface area contributed by atoms with E-state index in [0.717, 1.165) is 11.6 Å². The van der Waals surface area contributed by atoms with E-state index in [1.54, 1.807) is 4.90 Å². The maximum atomic E-state index is 14.2. The standard InChI is InChI=1S/C22H21ClFN3O4/c23-16-7-6-15(12-17(16)24)20-21(29)25(10-8-14-4-2-1-3-5-14)13-18-26(22(30)31)11-9-19(28)27(18)20/h1-7,12,18,20H,8-11,13H2,(H,30,31)/t18-,20+/m1/s1. The number of piperazine rings is 1. The van der Waals surface area contributed by atoms with Crippen molar-refractivity contribution in [2.24, 2.45) is 0 Å². The molecule has 1 N–H and O–H groups in total. The van der Waals surface area contributed by atoms with E-state index in [2.05, 4.69) is 0 Å². The van der Waals surface area contributed by atoms with E-state index in [4.69, 9.17) is 11.6 Å². The number of carbonyl (C=O) groups is 3. The van der Waals surface area contributed by atoms with Crippen LogP contribution in [0.2, 0.25) is 5.02 Å². The number of rotatable bonds is 4. The molecule has 2 aliphatic heterocycles. The number of benzene rings is 2. The number of amides is 3. The molecular weight excluding hydrogens is 425 g/mol. The van der Waals surface area contributed by atoms with Gasteiger partial charge in [-0.15, -0.1) is 0 Å². The number of carboxylic acid groups (broad SMARTS) is 1. The molecule has 162 valence electrons. The van der Waals surface area contributed by atoms with Crippen molar-refractivity contribution in [2.45, 2.75) is 25.0 Å². The third-order valence-electron chi connectivity index (χ3n) is 5.76. The van der Waals surface area contributed by atoms with Gasteiger partial charge in [-0.25, -0.2) is 9.18 Å². The van der Waals surface area contributed by atoms with E-state index in [1.165, 1.54) is 21.9 Å². The number of hydrogen-bond donors (Lipinski definition) is 1. The molecule has 0 radical (unpaired) electrons. The summed E-state index contributed by atoms with van der Waals surface area (Å²) in [5.74, 6) is -1.40. The van der Waals surface area contributed by atoms with Crippen molar-refractivity contribution >= 4 is 29.5 Å². The second-order valence-electron chi connectivity index (χ2n) is 7.60. The van der Waals surface area contributed by atoms with E-state index in [9.17, 15) is 23.9 Å². The molecule has 2 aromatic carbocycles. The lowest BCUT2D eigenvalue weighted by atomic mass is 9.97. The highest BCUT2D eigenvalue weighted by Gasteiger charge is 2.49. The van der Waals surface area contributed by atoms with Gasteiger partial charge in [-0.1, -0.05) is 48.0 Å². The Bertz CT molecular complexity index is 1020. The van der Waals surface area contributed by atoms with Crippen LogP contribution in [0.25, 0.3) is 0 Å². The molecule has 0 unspecified atom stereocenters. The second kappa shape index (κ2) is 8.55. The molecular formula is C22H21ClFN3O4. The fourth-order valence-corrected chi connectivity index (χ4v) is 4.33. The zero-order valence-corrected chi connectivity index (χ0v) is 17.3. The molecule has 0 aromatic heterocycles. The first-order chi connectivity index (χ1) is 14.9. The van der Waals surface area contributed by atoms with Gasteiger partial charge >= 0.3 is 6.09 Å². The monoisotopic (exact) mass is 445 g/mol. The molecule has 0 bridgehead atoms. The third kappa shape index (κ3) is 4.07. The molecule has 0 spiro atoms. The second-order valence-corrected chi connectivity index (χ2v) is 8.01. The van der Waals surface area contributed by atoms with E-state index in [1.807, 2.05) is 30.3 Å². The lowest BCUT2D eigenvalue weighted by Crippen LogP contribution is -2.68. The van der Waals surface area contributed by atoms with Crippen molar-refractivity contribution in [2.75, 3.05) is 19.6 Å². The van der Waals surface area contributed by atoms with Crippen molar-refractivity contribution in [3.05, 3.63) is 70.5 Å². The molecule has 2 heterocycles. The quantitative estimate of drug-likeness (QED) is 0.784. The predicted molar refractivity (Wildman–Crippen MR) is 111 cm³/mol. The molecule has 0 saturated carbocycles. The number of halogens is 2. The smallest absolute Gasteiger partial charge is 0.409 e. The zero-order valence-electron chi connectivity index (χ0n) is 16.6. The van der Waals surface area contributed by atoms with Crippen molar-refractivity contribution < 1.29 is 23.9 Å². The highest BCUT2D eigenvalue weighted by molar-refractivity contribution is 6.30. The summed E-state index contributed by atoms with van der Waals surface area (Å²) >= 11 is 5.80. The maximum absolute atomic E-state index is 14.2. The molecule has 31 heavy (non-hydrogen) atoms. The van der Waals surface area contributed by atoms with Crippen molar-refractivity contribution in [1.29, 1.82) is 0 Å². The fourth-order valence-electron chi connectivity index (χ4n) is 4.21. The van der Waals surface area contributed by atoms with Crippen LogP contribution in [0.15, 0.2) is 48.5 Å². The van der Waals surface area contributed by atoms with Gasteiger partial charge in [-0.3, -0.25) is 14.5 Å². The van der Waals surface area contributed by atoms with Crippen LogP contribution in [0.5, 0.6) is 0 Å². The molecule has 0 aliphatic carbocycles. The maximum Gasteiger partial charge on any atom is 0.409 e. The number of carbonyl (C=O) groups excluding carboxylic acids is 2. The van der Waals surface area contributed by atoms with Gasteiger partial charge in [0.25, 0.3) is 0 Å². The highest BCUT2D eigenvalue weighted by Crippen LogP contribution is 2.35. The molecule has 2 aromatic rings. The first kappa shape index (κ1) is 21.1. The first-order valence-corrected chi connectivity index (χ1v) is 10.3. The first-order valence-electron chi connectivity index (χ1n) is 9.95. The summed E-state index contributed by atoms with van der Waals surface area (Å²) in [4.78, 5) is 42.0. The fraction of sp³-hybridized carbons (Fsp3) is 0.318. The van der Waals surface area contributed by atoms with Gasteiger partial charge in [0.05, 0.1) is 11.6 Å². The average Bonchev–Trinajstić information content (AvgIpc) is 2.75. The van der Waals surface area contributed by atoms with E-state index in [0.29, 0.717) is 13.0 Å². The molecule has 7 nitrogen and oxygen atoms in total. The Balaban J connectivity index is 1.70. The Morgan fingerprint density at radius 2 is 1.90 bits per heavy atom. The van der Waals surface area contributed by atoms with Crippen LogP contribution in [-0.4, -0.2) is 63.5 Å². The van der Waals surface area contributed by atoms with Gasteiger partial charge in [-0.2, -0.15) is 0 Å². The minimum atomic E-state index is -1.17. The molecule has 2 atom stereocenters. The van der Waals surface area contributed by atoms with E-state index in [-0.39, 0.29) is 41.9 Å². The van der Waals surface area contributed by atoms with Crippen molar-refractivity contribution in [1.82, 2.24) is 14.7 Å². The molecule has 3 amide bonds. The predicted octanol–water partition coefficient (Wildman–Crippen LogP) is 3.14. The zero-order chi connectivity index (χ0) is 22.1. The summed E-state index contributed by atoms with van der Waals surface area (Å²) in [6, 6.07) is 12.4. The molecule has 9 heteroatoms. The van der Waals surface area contributed by atoms with Crippen LogP contribution in [0, 0.1) is 5.82 Å². The Kier molecular flexibility index (Phi) is 5.82. The Hall–Kier alpha value is -3.13. The third-order valence-corrected chi connectivity index (χ3v) is 6.07. The van der Waals surface area contributed by atoms with E-state index < -0.39 is 24.1 Å². The van der Waals surface area contributed by atoms with Crippen LogP contribution >= 0.6 is 11.6 Å². The lowest BCUT2D eigenvalue weighted by molar-refractivity contribution is -0.168. The Labute approximate surface area is 183 Å². The SMILES string of the molecule is O=C1[C@H](c2ccc(Cl)c(F)c2)N2C(=O)CCN(C(=O)O)[C@H]2CN1CCc1ccccc1. The summed E-state index contributed by atoms with van der Waals surface area (Å²) in [6.45, 7) is 0.468. The molecule has 2 saturated heterocycles. The van der Waals surface area contributed by atoms with Crippen LogP contribution in [0.4, 0.5) is 9.18 Å². The van der Waals surface area contributed by atoms with Crippen LogP contribution < -0.4 is 0 Å². The van der Waals surface area contributed by atoms with Crippen LogP contribution in [0.3, 0.4) is 0 Å². The van der Waals surface area contributed by atoms with Crippen LogP contribution in [0.1, 0.15) is 23.6 Å². The van der Waals surface area contributed by atoms with Gasteiger partial charge in [0.15, 0.2) is 0 Å². The van der Waals surface area contributed by atoms with Gasteiger partial charge in [0.1, 0.15) is 18.0 Å². The van der Waals surface area contributed by atoms with Crippen molar-refractivity contribution in [3.63, 3.8) is 0 Å². The largest absolute Gasteiger partial charge is 0.465 e.